The molecule has 1 aliphatic heterocycles. The van der Waals surface area contributed by atoms with Crippen molar-refractivity contribution in [2.45, 2.75) is 51.7 Å². The Labute approximate surface area is 123 Å². The number of imidazole rings is 1. The van der Waals surface area contributed by atoms with E-state index in [1.54, 1.807) is 0 Å². The number of ether oxygens (including phenoxy) is 1. The van der Waals surface area contributed by atoms with Crippen LogP contribution in [0.15, 0.2) is 0 Å². The van der Waals surface area contributed by atoms with Crippen molar-refractivity contribution in [3.63, 3.8) is 0 Å². The number of aromatic amines is 1. The number of aryl methyl sites for hydroxylation is 2. The second kappa shape index (κ2) is 4.70. The molecule has 0 spiro atoms. The molecule has 0 radical (unpaired) electrons. The van der Waals surface area contributed by atoms with Gasteiger partial charge < -0.3 is 9.72 Å². The second-order valence-corrected chi connectivity index (χ2v) is 6.29. The van der Waals surface area contributed by atoms with E-state index in [0.29, 0.717) is 0 Å². The number of fused-ring (bicyclic) bond motifs is 1. The third kappa shape index (κ3) is 1.78. The average molecular weight is 294 g/mol. The highest BCUT2D eigenvalue weighted by Gasteiger charge is 2.41. The topological polar surface area (TPSA) is 47.8 Å². The van der Waals surface area contributed by atoms with E-state index in [9.17, 15) is 0 Å². The van der Waals surface area contributed by atoms with E-state index in [1.807, 2.05) is 11.7 Å². The van der Waals surface area contributed by atoms with Crippen LogP contribution in [0.1, 0.15) is 39.3 Å². The SMILES string of the molecule is CCCc1nn(C)c2c1[nH]c(=S)n2C1(C)CCOC1C. The summed E-state index contributed by atoms with van der Waals surface area (Å²) in [5.74, 6) is 0. The highest BCUT2D eigenvalue weighted by atomic mass is 32.1. The number of nitrogens with one attached hydrogen (secondary N) is 1. The molecule has 2 aromatic heterocycles. The van der Waals surface area contributed by atoms with Crippen molar-refractivity contribution < 1.29 is 4.74 Å². The zero-order valence-electron chi connectivity index (χ0n) is 12.6. The van der Waals surface area contributed by atoms with E-state index in [-0.39, 0.29) is 11.6 Å². The summed E-state index contributed by atoms with van der Waals surface area (Å²) in [6.07, 6.45) is 3.17. The Morgan fingerprint density at radius 2 is 2.30 bits per heavy atom. The van der Waals surface area contributed by atoms with Crippen molar-refractivity contribution >= 4 is 23.4 Å². The Morgan fingerprint density at radius 3 is 2.90 bits per heavy atom. The first-order valence-corrected chi connectivity index (χ1v) is 7.68. The minimum Gasteiger partial charge on any atom is -0.376 e. The fourth-order valence-electron chi connectivity index (χ4n) is 3.22. The van der Waals surface area contributed by atoms with Gasteiger partial charge in [0.15, 0.2) is 10.4 Å². The largest absolute Gasteiger partial charge is 0.376 e. The fourth-order valence-corrected chi connectivity index (χ4v) is 3.61. The van der Waals surface area contributed by atoms with Crippen LogP contribution in [0.4, 0.5) is 0 Å². The molecule has 20 heavy (non-hydrogen) atoms. The van der Waals surface area contributed by atoms with Gasteiger partial charge in [-0.1, -0.05) is 13.3 Å². The van der Waals surface area contributed by atoms with Gasteiger partial charge in [-0.2, -0.15) is 5.10 Å². The molecule has 0 aliphatic carbocycles. The Morgan fingerprint density at radius 1 is 1.55 bits per heavy atom. The zero-order valence-corrected chi connectivity index (χ0v) is 13.4. The van der Waals surface area contributed by atoms with Gasteiger partial charge in [-0.15, -0.1) is 0 Å². The minimum absolute atomic E-state index is 0.105. The summed E-state index contributed by atoms with van der Waals surface area (Å²) in [5, 5.41) is 4.65. The van der Waals surface area contributed by atoms with Crippen molar-refractivity contribution in [2.75, 3.05) is 6.61 Å². The normalized spacial score (nSPS) is 26.7. The molecule has 3 rings (SSSR count). The van der Waals surface area contributed by atoms with Gasteiger partial charge in [0.25, 0.3) is 0 Å². The van der Waals surface area contributed by atoms with Crippen molar-refractivity contribution in [2.24, 2.45) is 7.05 Å². The monoisotopic (exact) mass is 294 g/mol. The van der Waals surface area contributed by atoms with Crippen LogP contribution in [-0.4, -0.2) is 32.0 Å². The second-order valence-electron chi connectivity index (χ2n) is 5.90. The van der Waals surface area contributed by atoms with Gasteiger partial charge in [0, 0.05) is 13.7 Å². The van der Waals surface area contributed by atoms with Crippen LogP contribution in [-0.2, 0) is 23.7 Å². The number of hydrogen-bond donors (Lipinski definition) is 1. The lowest BCUT2D eigenvalue weighted by Crippen LogP contribution is -2.37. The van der Waals surface area contributed by atoms with Crippen LogP contribution in [0.3, 0.4) is 0 Å². The van der Waals surface area contributed by atoms with Gasteiger partial charge >= 0.3 is 0 Å². The highest BCUT2D eigenvalue weighted by Crippen LogP contribution is 2.36. The number of nitrogens with zero attached hydrogens (tertiary/aromatic N) is 3. The predicted octanol–water partition coefficient (Wildman–Crippen LogP) is 2.91. The smallest absolute Gasteiger partial charge is 0.179 e. The third-order valence-corrected chi connectivity index (χ3v) is 4.87. The molecule has 2 aromatic rings. The van der Waals surface area contributed by atoms with E-state index in [1.165, 1.54) is 0 Å². The van der Waals surface area contributed by atoms with Gasteiger partial charge in [-0.05, 0) is 38.9 Å². The number of H-pyrrole nitrogens is 1. The molecule has 5 nitrogen and oxygen atoms in total. The molecular weight excluding hydrogens is 272 g/mol. The van der Waals surface area contributed by atoms with E-state index in [2.05, 4.69) is 35.4 Å². The van der Waals surface area contributed by atoms with Gasteiger partial charge in [-0.25, -0.2) is 0 Å². The summed E-state index contributed by atoms with van der Waals surface area (Å²) in [6, 6.07) is 0. The van der Waals surface area contributed by atoms with Crippen LogP contribution in [0.2, 0.25) is 0 Å². The van der Waals surface area contributed by atoms with Crippen LogP contribution >= 0.6 is 12.2 Å². The van der Waals surface area contributed by atoms with Gasteiger partial charge in [0.2, 0.25) is 0 Å². The maximum atomic E-state index is 5.78. The molecule has 1 aliphatic rings. The Kier molecular flexibility index (Phi) is 3.25. The minimum atomic E-state index is -0.105. The molecule has 1 saturated heterocycles. The summed E-state index contributed by atoms with van der Waals surface area (Å²) < 4.78 is 10.7. The van der Waals surface area contributed by atoms with Gasteiger partial charge in [0.05, 0.1) is 17.3 Å². The van der Waals surface area contributed by atoms with E-state index < -0.39 is 0 Å². The summed E-state index contributed by atoms with van der Waals surface area (Å²) in [7, 11) is 1.99. The van der Waals surface area contributed by atoms with Crippen LogP contribution in [0.25, 0.3) is 11.2 Å². The molecule has 1 N–H and O–H groups in total. The number of aromatic nitrogens is 4. The zero-order chi connectivity index (χ0) is 14.5. The predicted molar refractivity (Wildman–Crippen MR) is 81.6 cm³/mol. The molecular formula is C14H22N4OS. The van der Waals surface area contributed by atoms with Gasteiger partial charge in [-0.3, -0.25) is 9.25 Å². The molecule has 0 saturated carbocycles. The van der Waals surface area contributed by atoms with E-state index in [4.69, 9.17) is 17.0 Å². The Bertz CT molecular complexity index is 698. The molecule has 110 valence electrons. The summed E-state index contributed by atoms with van der Waals surface area (Å²) in [6.45, 7) is 7.29. The molecule has 6 heteroatoms. The molecule has 0 aromatic carbocycles. The van der Waals surface area contributed by atoms with Crippen LogP contribution in [0.5, 0.6) is 0 Å². The molecule has 2 unspecified atom stereocenters. The standard InChI is InChI=1S/C14H22N4OS/c1-5-6-10-11-12(17(4)16-10)18(13(20)15-11)14(3)7-8-19-9(14)2/h9H,5-8H2,1-4H3,(H,15,20). The Balaban J connectivity index is 2.26. The molecule has 0 bridgehead atoms. The fraction of sp³-hybridized carbons (Fsp3) is 0.714. The first kappa shape index (κ1) is 13.8. The van der Waals surface area contributed by atoms with Crippen LogP contribution < -0.4 is 0 Å². The maximum Gasteiger partial charge on any atom is 0.179 e. The van der Waals surface area contributed by atoms with Crippen LogP contribution in [0, 0.1) is 4.77 Å². The van der Waals surface area contributed by atoms with E-state index in [0.717, 1.165) is 47.5 Å². The lowest BCUT2D eigenvalue weighted by molar-refractivity contribution is 0.0765. The van der Waals surface area contributed by atoms with Crippen molar-refractivity contribution in [1.82, 2.24) is 19.3 Å². The summed E-state index contributed by atoms with van der Waals surface area (Å²) in [5.41, 5.74) is 3.16. The molecule has 1 fully saturated rings. The molecule has 3 heterocycles. The highest BCUT2D eigenvalue weighted by molar-refractivity contribution is 7.71. The van der Waals surface area contributed by atoms with E-state index >= 15 is 0 Å². The Hall–Kier alpha value is -1.14. The van der Waals surface area contributed by atoms with Crippen molar-refractivity contribution in [3.8, 4) is 0 Å². The lowest BCUT2D eigenvalue weighted by Gasteiger charge is -2.29. The van der Waals surface area contributed by atoms with Crippen molar-refractivity contribution in [3.05, 3.63) is 10.5 Å². The first-order chi connectivity index (χ1) is 9.49. The van der Waals surface area contributed by atoms with Gasteiger partial charge in [0.1, 0.15) is 5.52 Å². The number of hydrogen-bond acceptors (Lipinski definition) is 3. The first-order valence-electron chi connectivity index (χ1n) is 7.27. The third-order valence-electron chi connectivity index (χ3n) is 4.59. The maximum absolute atomic E-state index is 5.78. The summed E-state index contributed by atoms with van der Waals surface area (Å²) in [4.78, 5) is 3.36. The van der Waals surface area contributed by atoms with Crippen molar-refractivity contribution in [1.29, 1.82) is 0 Å². The quantitative estimate of drug-likeness (QED) is 0.885. The lowest BCUT2D eigenvalue weighted by atomic mass is 9.94. The molecule has 0 amide bonds. The number of rotatable bonds is 3. The molecule has 2 atom stereocenters. The summed E-state index contributed by atoms with van der Waals surface area (Å²) >= 11 is 5.58. The average Bonchev–Trinajstić information content (AvgIpc) is 2.99.